The number of aromatic nitrogens is 4. The van der Waals surface area contributed by atoms with Crippen molar-refractivity contribution in [3.63, 3.8) is 0 Å². The fourth-order valence-electron chi connectivity index (χ4n) is 5.12. The number of ether oxygens (including phenoxy) is 1. The van der Waals surface area contributed by atoms with Crippen LogP contribution in [0.4, 0.5) is 10.6 Å². The summed E-state index contributed by atoms with van der Waals surface area (Å²) in [6, 6.07) is 3.28. The third kappa shape index (κ3) is 5.77. The van der Waals surface area contributed by atoms with Crippen molar-refractivity contribution in [2.24, 2.45) is 0 Å². The van der Waals surface area contributed by atoms with E-state index in [1.807, 2.05) is 59.4 Å². The smallest absolute Gasteiger partial charge is 0.410 e. The molecule has 0 N–H and O–H groups in total. The van der Waals surface area contributed by atoms with Gasteiger partial charge >= 0.3 is 11.8 Å². The molecule has 2 atom stereocenters. The van der Waals surface area contributed by atoms with Gasteiger partial charge in [0.05, 0.1) is 21.8 Å². The van der Waals surface area contributed by atoms with Gasteiger partial charge in [0, 0.05) is 31.4 Å². The molecule has 1 aliphatic rings. The van der Waals surface area contributed by atoms with Crippen LogP contribution in [-0.2, 0) is 4.74 Å². The topological polar surface area (TPSA) is 93.5 Å². The maximum Gasteiger partial charge on any atom is 0.410 e. The average molecular weight is 590 g/mol. The summed E-state index contributed by atoms with van der Waals surface area (Å²) in [5.41, 5.74) is 1.67. The summed E-state index contributed by atoms with van der Waals surface area (Å²) in [5, 5.41) is 0.943. The lowest BCUT2D eigenvalue weighted by Gasteiger charge is -2.44. The Morgan fingerprint density at radius 3 is 2.33 bits per heavy atom. The molecule has 0 aromatic carbocycles. The van der Waals surface area contributed by atoms with Gasteiger partial charge < -0.3 is 14.5 Å². The molecule has 0 saturated carbocycles. The van der Waals surface area contributed by atoms with Gasteiger partial charge in [-0.3, -0.25) is 4.98 Å². The molecule has 1 saturated heterocycles. The number of pyridine rings is 2. The molecule has 9 nitrogen and oxygen atoms in total. The maximum absolute atomic E-state index is 14.0. The Bertz CT molecular complexity index is 1470. The van der Waals surface area contributed by atoms with Gasteiger partial charge in [-0.1, -0.05) is 50.9 Å². The highest BCUT2D eigenvalue weighted by atomic mass is 35.5. The van der Waals surface area contributed by atoms with Crippen molar-refractivity contribution in [2.75, 3.05) is 18.0 Å². The molecule has 4 heterocycles. The van der Waals surface area contributed by atoms with E-state index >= 15 is 0 Å². The molecule has 0 radical (unpaired) electrons. The van der Waals surface area contributed by atoms with Crippen molar-refractivity contribution < 1.29 is 9.53 Å². The summed E-state index contributed by atoms with van der Waals surface area (Å²) in [7, 11) is 0. The third-order valence-corrected chi connectivity index (χ3v) is 7.69. The van der Waals surface area contributed by atoms with E-state index in [0.29, 0.717) is 35.6 Å². The van der Waals surface area contributed by atoms with Crippen LogP contribution in [0.2, 0.25) is 10.2 Å². The molecule has 216 valence electrons. The number of amides is 1. The van der Waals surface area contributed by atoms with E-state index in [-0.39, 0.29) is 40.2 Å². The summed E-state index contributed by atoms with van der Waals surface area (Å²) in [6.07, 6.45) is 1.41. The number of nitrogens with zero attached hydrogens (tertiary/aromatic N) is 6. The summed E-state index contributed by atoms with van der Waals surface area (Å²) >= 11 is 12.9. The van der Waals surface area contributed by atoms with E-state index in [4.69, 9.17) is 27.9 Å². The molecular formula is C29H38Cl2N6O3. The van der Waals surface area contributed by atoms with Gasteiger partial charge in [0.2, 0.25) is 0 Å². The summed E-state index contributed by atoms with van der Waals surface area (Å²) in [6.45, 7) is 18.5. The average Bonchev–Trinajstić information content (AvgIpc) is 2.84. The zero-order valence-electron chi connectivity index (χ0n) is 24.6. The quantitative estimate of drug-likeness (QED) is 0.318. The Labute approximate surface area is 245 Å². The fourth-order valence-corrected chi connectivity index (χ4v) is 5.40. The van der Waals surface area contributed by atoms with E-state index in [2.05, 4.69) is 28.8 Å². The van der Waals surface area contributed by atoms with Crippen LogP contribution in [0.15, 0.2) is 23.1 Å². The van der Waals surface area contributed by atoms with E-state index in [1.165, 1.54) is 4.57 Å². The first-order valence-corrected chi connectivity index (χ1v) is 14.4. The van der Waals surface area contributed by atoms with Crippen molar-refractivity contribution >= 4 is 46.1 Å². The Morgan fingerprint density at radius 2 is 1.73 bits per heavy atom. The second-order valence-electron chi connectivity index (χ2n) is 12.1. The highest BCUT2D eigenvalue weighted by Crippen LogP contribution is 2.35. The Balaban J connectivity index is 1.91. The SMILES string of the molecule is CC(C)c1ccnc(C(C)C)c1-n1c(=O)nc(N2C[C@@H](C)N(C(=O)OC(C)(C)C)C[C@@H]2C)c2cc(Cl)c(Cl)nc21. The number of carbonyl (C=O) groups excluding carboxylic acids is 1. The van der Waals surface area contributed by atoms with E-state index < -0.39 is 11.3 Å². The minimum atomic E-state index is -0.600. The zero-order chi connectivity index (χ0) is 29.7. The number of hydrogen-bond acceptors (Lipinski definition) is 7. The molecule has 1 amide bonds. The number of piperazine rings is 1. The van der Waals surface area contributed by atoms with Crippen molar-refractivity contribution in [1.82, 2.24) is 24.4 Å². The van der Waals surface area contributed by atoms with E-state index in [0.717, 1.165) is 11.3 Å². The second kappa shape index (κ2) is 11.2. The molecule has 11 heteroatoms. The van der Waals surface area contributed by atoms with Gasteiger partial charge in [0.15, 0.2) is 5.65 Å². The van der Waals surface area contributed by atoms with Crippen molar-refractivity contribution in [3.8, 4) is 5.69 Å². The molecule has 3 aromatic heterocycles. The number of anilines is 1. The van der Waals surface area contributed by atoms with Crippen LogP contribution < -0.4 is 10.6 Å². The number of halogens is 2. The number of fused-ring (bicyclic) bond motifs is 1. The molecule has 0 spiro atoms. The van der Waals surface area contributed by atoms with Gasteiger partial charge in [-0.05, 0) is 64.2 Å². The second-order valence-corrected chi connectivity index (χ2v) is 12.9. The number of hydrogen-bond donors (Lipinski definition) is 0. The first-order valence-electron chi connectivity index (χ1n) is 13.6. The first-order chi connectivity index (χ1) is 18.6. The molecule has 40 heavy (non-hydrogen) atoms. The largest absolute Gasteiger partial charge is 0.444 e. The van der Waals surface area contributed by atoms with Crippen molar-refractivity contribution in [3.05, 3.63) is 50.2 Å². The minimum absolute atomic E-state index is 0.0416. The van der Waals surface area contributed by atoms with E-state index in [1.54, 1.807) is 17.2 Å². The standard InChI is InChI=1S/C29H38Cl2N6O3/c1-15(2)19-10-11-32-22(16(3)4)23(19)37-26-20(12-21(30)24(31)33-26)25(34-27(37)38)35-13-18(6)36(14-17(35)5)28(39)40-29(7,8)9/h10-12,15-18H,13-14H2,1-9H3/t17-,18+/m0/s1. The van der Waals surface area contributed by atoms with Gasteiger partial charge in [0.1, 0.15) is 16.6 Å². The molecule has 4 rings (SSSR count). The molecule has 1 aliphatic heterocycles. The number of carbonyl (C=O) groups is 1. The lowest BCUT2D eigenvalue weighted by atomic mass is 9.97. The third-order valence-electron chi connectivity index (χ3n) is 7.02. The van der Waals surface area contributed by atoms with Crippen molar-refractivity contribution in [1.29, 1.82) is 0 Å². The van der Waals surface area contributed by atoms with Crippen LogP contribution in [0, 0.1) is 0 Å². The molecule has 0 unspecified atom stereocenters. The van der Waals surface area contributed by atoms with Gasteiger partial charge in [-0.15, -0.1) is 0 Å². The highest BCUT2D eigenvalue weighted by Gasteiger charge is 2.36. The molecule has 0 aliphatic carbocycles. The predicted molar refractivity (Wildman–Crippen MR) is 160 cm³/mol. The zero-order valence-corrected chi connectivity index (χ0v) is 26.1. The minimum Gasteiger partial charge on any atom is -0.444 e. The van der Waals surface area contributed by atoms with Crippen LogP contribution in [0.5, 0.6) is 0 Å². The molecule has 3 aromatic rings. The summed E-state index contributed by atoms with van der Waals surface area (Å²) < 4.78 is 7.15. The number of rotatable bonds is 4. The van der Waals surface area contributed by atoms with Crippen LogP contribution in [0.1, 0.15) is 85.4 Å². The summed E-state index contributed by atoms with van der Waals surface area (Å²) in [5.74, 6) is 0.605. The van der Waals surface area contributed by atoms with Gasteiger partial charge in [-0.2, -0.15) is 4.98 Å². The predicted octanol–water partition coefficient (Wildman–Crippen LogP) is 6.56. The Kier molecular flexibility index (Phi) is 8.39. The Hall–Kier alpha value is -2.91. The maximum atomic E-state index is 14.0. The highest BCUT2D eigenvalue weighted by molar-refractivity contribution is 6.41. The Morgan fingerprint density at radius 1 is 1.05 bits per heavy atom. The van der Waals surface area contributed by atoms with Crippen LogP contribution in [-0.4, -0.2) is 61.3 Å². The van der Waals surface area contributed by atoms with E-state index in [9.17, 15) is 9.59 Å². The van der Waals surface area contributed by atoms with Gasteiger partial charge in [-0.25, -0.2) is 19.1 Å². The van der Waals surface area contributed by atoms with Crippen LogP contribution in [0.3, 0.4) is 0 Å². The molecular weight excluding hydrogens is 551 g/mol. The van der Waals surface area contributed by atoms with Gasteiger partial charge in [0.25, 0.3) is 0 Å². The summed E-state index contributed by atoms with van der Waals surface area (Å²) in [4.78, 5) is 44.5. The van der Waals surface area contributed by atoms with Crippen LogP contribution in [0.25, 0.3) is 16.7 Å². The monoisotopic (exact) mass is 588 g/mol. The molecule has 1 fully saturated rings. The lowest BCUT2D eigenvalue weighted by molar-refractivity contribution is 0.0130. The van der Waals surface area contributed by atoms with Crippen molar-refractivity contribution in [2.45, 2.75) is 91.8 Å². The first kappa shape index (κ1) is 30.1. The molecule has 0 bridgehead atoms. The fraction of sp³-hybridized carbons (Fsp3) is 0.552. The lowest BCUT2D eigenvalue weighted by Crippen LogP contribution is -2.59. The normalized spacial score (nSPS) is 18.2. The van der Waals surface area contributed by atoms with Crippen LogP contribution >= 0.6 is 23.2 Å².